The van der Waals surface area contributed by atoms with Gasteiger partial charge in [0.05, 0.1) is 0 Å². The van der Waals surface area contributed by atoms with Gasteiger partial charge in [-0.1, -0.05) is 93.9 Å². The lowest BCUT2D eigenvalue weighted by atomic mass is 9.62. The van der Waals surface area contributed by atoms with E-state index >= 15 is 0 Å². The number of Topliss-reactive ketones (excluding diaryl/α,β-unsaturated/α-hetero) is 1. The van der Waals surface area contributed by atoms with Crippen LogP contribution >= 0.6 is 0 Å². The van der Waals surface area contributed by atoms with Gasteiger partial charge in [-0.3, -0.25) is 4.79 Å². The monoisotopic (exact) mass is 404 g/mol. The SMILES string of the molecule is C=CCCc1ccccc1.CC1(C)CC(=O)C[C@](C)(CCCCc2ccccc2)C1. The highest BCUT2D eigenvalue weighted by Gasteiger charge is 2.39. The second kappa shape index (κ2) is 11.9. The molecule has 0 heterocycles. The van der Waals surface area contributed by atoms with Gasteiger partial charge >= 0.3 is 0 Å². The zero-order valence-electron chi connectivity index (χ0n) is 19.3. The van der Waals surface area contributed by atoms with Crippen molar-refractivity contribution < 1.29 is 4.79 Å². The van der Waals surface area contributed by atoms with Crippen LogP contribution in [0.3, 0.4) is 0 Å². The molecule has 1 nitrogen and oxygen atoms in total. The maximum absolute atomic E-state index is 11.9. The number of allylic oxidation sites excluding steroid dienone is 1. The Morgan fingerprint density at radius 3 is 1.93 bits per heavy atom. The van der Waals surface area contributed by atoms with E-state index in [1.807, 2.05) is 12.1 Å². The summed E-state index contributed by atoms with van der Waals surface area (Å²) < 4.78 is 0. The van der Waals surface area contributed by atoms with Gasteiger partial charge in [-0.2, -0.15) is 0 Å². The van der Waals surface area contributed by atoms with Crippen molar-refractivity contribution in [3.63, 3.8) is 0 Å². The van der Waals surface area contributed by atoms with Crippen LogP contribution in [0.15, 0.2) is 73.3 Å². The minimum Gasteiger partial charge on any atom is -0.300 e. The molecule has 0 spiro atoms. The van der Waals surface area contributed by atoms with Gasteiger partial charge < -0.3 is 0 Å². The first-order chi connectivity index (χ1) is 14.3. The van der Waals surface area contributed by atoms with Crippen molar-refractivity contribution in [1.82, 2.24) is 0 Å². The van der Waals surface area contributed by atoms with Crippen LogP contribution < -0.4 is 0 Å². The molecule has 0 radical (unpaired) electrons. The number of unbranched alkanes of at least 4 members (excludes halogenated alkanes) is 1. The average molecular weight is 405 g/mol. The maximum Gasteiger partial charge on any atom is 0.133 e. The molecule has 0 saturated heterocycles. The van der Waals surface area contributed by atoms with Gasteiger partial charge in [0.1, 0.15) is 5.78 Å². The smallest absolute Gasteiger partial charge is 0.133 e. The maximum atomic E-state index is 11.9. The third-order valence-electron chi connectivity index (χ3n) is 6.02. The van der Waals surface area contributed by atoms with Crippen LogP contribution in [0.1, 0.15) is 76.8 Å². The van der Waals surface area contributed by atoms with Crippen molar-refractivity contribution in [2.24, 2.45) is 10.8 Å². The van der Waals surface area contributed by atoms with Crippen molar-refractivity contribution in [2.45, 2.75) is 78.6 Å². The molecule has 0 N–H and O–H groups in total. The summed E-state index contributed by atoms with van der Waals surface area (Å²) in [5, 5.41) is 0. The van der Waals surface area contributed by atoms with Crippen LogP contribution in [0.5, 0.6) is 0 Å². The molecular weight excluding hydrogens is 364 g/mol. The van der Waals surface area contributed by atoms with Gasteiger partial charge in [0.25, 0.3) is 0 Å². The van der Waals surface area contributed by atoms with Crippen molar-refractivity contribution in [3.8, 4) is 0 Å². The number of carbonyl (C=O) groups excluding carboxylic acids is 1. The van der Waals surface area contributed by atoms with Gasteiger partial charge in [-0.25, -0.2) is 0 Å². The molecule has 2 aromatic carbocycles. The third-order valence-corrected chi connectivity index (χ3v) is 6.02. The standard InChI is InChI=1S/C19H28O.C10H12/c1-18(2)13-17(20)14-19(3,15-18)12-8-7-11-16-9-5-4-6-10-16;1-2-3-7-10-8-5-4-6-9-10/h4-6,9-10H,7-8,11-15H2,1-3H3;2,4-6,8-9H,1,3,7H2/t19-;/m0./s1. The number of ketones is 1. The molecule has 1 aliphatic rings. The van der Waals surface area contributed by atoms with E-state index in [2.05, 4.69) is 81.9 Å². The number of aryl methyl sites for hydroxylation is 2. The fourth-order valence-corrected chi connectivity index (χ4v) is 4.97. The number of hydrogen-bond acceptors (Lipinski definition) is 1. The summed E-state index contributed by atoms with van der Waals surface area (Å²) in [6.45, 7) is 10.5. The average Bonchev–Trinajstić information content (AvgIpc) is 2.70. The van der Waals surface area contributed by atoms with Crippen molar-refractivity contribution in [3.05, 3.63) is 84.4 Å². The summed E-state index contributed by atoms with van der Waals surface area (Å²) in [6.07, 6.45) is 11.7. The summed E-state index contributed by atoms with van der Waals surface area (Å²) in [7, 11) is 0. The molecule has 1 atom stereocenters. The summed E-state index contributed by atoms with van der Waals surface area (Å²) in [4.78, 5) is 11.9. The van der Waals surface area contributed by atoms with Gasteiger partial charge in [0, 0.05) is 12.8 Å². The molecule has 0 unspecified atom stereocenters. The highest BCUT2D eigenvalue weighted by atomic mass is 16.1. The van der Waals surface area contributed by atoms with Crippen LogP contribution in [0.4, 0.5) is 0 Å². The zero-order valence-corrected chi connectivity index (χ0v) is 19.3. The molecule has 0 amide bonds. The Morgan fingerprint density at radius 2 is 1.40 bits per heavy atom. The molecule has 162 valence electrons. The van der Waals surface area contributed by atoms with E-state index in [0.29, 0.717) is 5.78 Å². The molecule has 0 aliphatic heterocycles. The Bertz CT molecular complexity index is 759. The molecule has 0 bridgehead atoms. The van der Waals surface area contributed by atoms with Crippen LogP contribution in [-0.4, -0.2) is 5.78 Å². The molecule has 1 fully saturated rings. The van der Waals surface area contributed by atoms with E-state index in [1.165, 1.54) is 36.8 Å². The third kappa shape index (κ3) is 9.11. The fraction of sp³-hybridized carbons (Fsp3) is 0.483. The van der Waals surface area contributed by atoms with Gasteiger partial charge in [-0.15, -0.1) is 6.58 Å². The molecule has 1 aliphatic carbocycles. The molecule has 30 heavy (non-hydrogen) atoms. The molecule has 1 saturated carbocycles. The number of benzene rings is 2. The first kappa shape index (κ1) is 24.1. The number of carbonyl (C=O) groups is 1. The Balaban J connectivity index is 0.000000269. The lowest BCUT2D eigenvalue weighted by Crippen LogP contribution is -2.35. The summed E-state index contributed by atoms with van der Waals surface area (Å²) in [5.74, 6) is 0.465. The Hall–Kier alpha value is -2.15. The highest BCUT2D eigenvalue weighted by Crippen LogP contribution is 2.47. The Labute approximate surface area is 184 Å². The second-order valence-corrected chi connectivity index (χ2v) is 10.0. The molecule has 2 aromatic rings. The van der Waals surface area contributed by atoms with E-state index in [1.54, 1.807) is 0 Å². The summed E-state index contributed by atoms with van der Waals surface area (Å²) in [5.41, 5.74) is 3.25. The van der Waals surface area contributed by atoms with E-state index in [0.717, 1.165) is 32.1 Å². The molecular formula is C29H40O. The largest absolute Gasteiger partial charge is 0.300 e. The van der Waals surface area contributed by atoms with Gasteiger partial charge in [0.15, 0.2) is 0 Å². The lowest BCUT2D eigenvalue weighted by molar-refractivity contribution is -0.127. The quantitative estimate of drug-likeness (QED) is 0.322. The van der Waals surface area contributed by atoms with E-state index in [9.17, 15) is 4.79 Å². The predicted octanol–water partition coefficient (Wildman–Crippen LogP) is 7.99. The Morgan fingerprint density at radius 1 is 0.833 bits per heavy atom. The minimum absolute atomic E-state index is 0.198. The van der Waals surface area contributed by atoms with Crippen molar-refractivity contribution in [2.75, 3.05) is 0 Å². The van der Waals surface area contributed by atoms with Crippen molar-refractivity contribution >= 4 is 5.78 Å². The topological polar surface area (TPSA) is 17.1 Å². The van der Waals surface area contributed by atoms with E-state index in [4.69, 9.17) is 0 Å². The zero-order chi connectivity index (χ0) is 21.9. The van der Waals surface area contributed by atoms with Gasteiger partial charge in [0.2, 0.25) is 0 Å². The predicted molar refractivity (Wildman–Crippen MR) is 130 cm³/mol. The first-order valence-electron chi connectivity index (χ1n) is 11.5. The van der Waals surface area contributed by atoms with Gasteiger partial charge in [-0.05, 0) is 60.5 Å². The minimum atomic E-state index is 0.198. The first-order valence-corrected chi connectivity index (χ1v) is 11.5. The number of rotatable bonds is 8. The number of hydrogen-bond donors (Lipinski definition) is 0. The molecule has 0 aromatic heterocycles. The van der Waals surface area contributed by atoms with Crippen LogP contribution in [-0.2, 0) is 17.6 Å². The summed E-state index contributed by atoms with van der Waals surface area (Å²) >= 11 is 0. The highest BCUT2D eigenvalue weighted by molar-refractivity contribution is 5.80. The van der Waals surface area contributed by atoms with E-state index < -0.39 is 0 Å². The Kier molecular flexibility index (Phi) is 9.56. The molecule has 3 rings (SSSR count). The van der Waals surface area contributed by atoms with E-state index in [-0.39, 0.29) is 10.8 Å². The lowest BCUT2D eigenvalue weighted by Gasteiger charge is -2.42. The van der Waals surface area contributed by atoms with Crippen LogP contribution in [0.25, 0.3) is 0 Å². The normalized spacial score (nSPS) is 20.2. The second-order valence-electron chi connectivity index (χ2n) is 10.0. The summed E-state index contributed by atoms with van der Waals surface area (Å²) in [6, 6.07) is 21.2. The fourth-order valence-electron chi connectivity index (χ4n) is 4.97. The van der Waals surface area contributed by atoms with Crippen molar-refractivity contribution in [1.29, 1.82) is 0 Å². The van der Waals surface area contributed by atoms with Crippen LogP contribution in [0, 0.1) is 10.8 Å². The molecule has 1 heteroatoms. The van der Waals surface area contributed by atoms with Crippen LogP contribution in [0.2, 0.25) is 0 Å².